The van der Waals surface area contributed by atoms with Gasteiger partial charge in [-0.3, -0.25) is 9.36 Å². The maximum Gasteiger partial charge on any atom is 0.192 e. The molecule has 0 unspecified atom stereocenters. The second kappa shape index (κ2) is 9.46. The number of allylic oxidation sites excluding steroid dienone is 1. The molecule has 0 aliphatic rings. The highest BCUT2D eigenvalue weighted by molar-refractivity contribution is 7.99. The molecule has 0 bridgehead atoms. The van der Waals surface area contributed by atoms with Crippen LogP contribution in [0.5, 0.6) is 0 Å². The van der Waals surface area contributed by atoms with Crippen LogP contribution < -0.4 is 0 Å². The van der Waals surface area contributed by atoms with E-state index in [-0.39, 0.29) is 5.78 Å². The van der Waals surface area contributed by atoms with Gasteiger partial charge in [0.15, 0.2) is 16.8 Å². The number of benzene rings is 1. The van der Waals surface area contributed by atoms with Gasteiger partial charge in [0, 0.05) is 40.6 Å². The van der Waals surface area contributed by atoms with Crippen molar-refractivity contribution in [2.24, 2.45) is 0 Å². The molecule has 0 saturated heterocycles. The van der Waals surface area contributed by atoms with Gasteiger partial charge in [-0.05, 0) is 50.6 Å². The summed E-state index contributed by atoms with van der Waals surface area (Å²) in [4.78, 5) is 12.9. The van der Waals surface area contributed by atoms with Crippen molar-refractivity contribution in [3.63, 3.8) is 0 Å². The Morgan fingerprint density at radius 2 is 1.93 bits per heavy atom. The summed E-state index contributed by atoms with van der Waals surface area (Å²) >= 11 is 7.39. The smallest absolute Gasteiger partial charge is 0.192 e. The van der Waals surface area contributed by atoms with E-state index in [0.717, 1.165) is 41.3 Å². The number of aryl methyl sites for hydroxylation is 1. The standard InChI is InChI=1S/C22H25ClN4OS/c1-5-11-26-15(3)13-19(16(26)4)20(28)14-29-22-25-24-21(27(22)12-6-2)17-7-9-18(23)10-8-17/h6-10,13H,2,5,11-12,14H2,1,3-4H3. The van der Waals surface area contributed by atoms with Crippen LogP contribution in [0.4, 0.5) is 0 Å². The van der Waals surface area contributed by atoms with Crippen LogP contribution in [0.25, 0.3) is 11.4 Å². The third-order valence-electron chi connectivity index (χ3n) is 4.78. The van der Waals surface area contributed by atoms with E-state index in [1.54, 1.807) is 6.08 Å². The molecule has 0 aliphatic carbocycles. The molecular formula is C22H25ClN4OS. The largest absolute Gasteiger partial charge is 0.348 e. The van der Waals surface area contributed by atoms with Gasteiger partial charge in [-0.15, -0.1) is 16.8 Å². The third-order valence-corrected chi connectivity index (χ3v) is 6.00. The second-order valence-electron chi connectivity index (χ2n) is 6.86. The van der Waals surface area contributed by atoms with Gasteiger partial charge in [-0.1, -0.05) is 36.4 Å². The Kier molecular flexibility index (Phi) is 6.98. The lowest BCUT2D eigenvalue weighted by Crippen LogP contribution is -2.08. The molecular weight excluding hydrogens is 404 g/mol. The van der Waals surface area contributed by atoms with Crippen LogP contribution in [0.1, 0.15) is 35.1 Å². The Balaban J connectivity index is 1.80. The van der Waals surface area contributed by atoms with Gasteiger partial charge in [-0.2, -0.15) is 0 Å². The lowest BCUT2D eigenvalue weighted by Gasteiger charge is -2.08. The summed E-state index contributed by atoms with van der Waals surface area (Å²) < 4.78 is 4.17. The van der Waals surface area contributed by atoms with Crippen molar-refractivity contribution in [2.45, 2.75) is 45.4 Å². The van der Waals surface area contributed by atoms with E-state index < -0.39 is 0 Å². The van der Waals surface area contributed by atoms with E-state index in [1.165, 1.54) is 11.8 Å². The number of rotatable bonds is 9. The number of aromatic nitrogens is 4. The SMILES string of the molecule is C=CCn1c(SCC(=O)c2cc(C)n(CCC)c2C)nnc1-c1ccc(Cl)cc1. The van der Waals surface area contributed by atoms with E-state index in [9.17, 15) is 4.79 Å². The van der Waals surface area contributed by atoms with Crippen molar-refractivity contribution in [1.29, 1.82) is 0 Å². The molecule has 0 amide bonds. The van der Waals surface area contributed by atoms with Crippen molar-refractivity contribution in [1.82, 2.24) is 19.3 Å². The molecule has 0 fully saturated rings. The first-order valence-electron chi connectivity index (χ1n) is 9.59. The Hall–Kier alpha value is -2.31. The zero-order valence-corrected chi connectivity index (χ0v) is 18.6. The molecule has 2 heterocycles. The van der Waals surface area contributed by atoms with Gasteiger partial charge in [0.05, 0.1) is 5.75 Å². The van der Waals surface area contributed by atoms with Gasteiger partial charge in [0.25, 0.3) is 0 Å². The molecule has 0 atom stereocenters. The minimum Gasteiger partial charge on any atom is -0.348 e. The zero-order valence-electron chi connectivity index (χ0n) is 17.0. The highest BCUT2D eigenvalue weighted by atomic mass is 35.5. The van der Waals surface area contributed by atoms with Crippen LogP contribution >= 0.6 is 23.4 Å². The van der Waals surface area contributed by atoms with E-state index in [4.69, 9.17) is 11.6 Å². The predicted molar refractivity (Wildman–Crippen MR) is 120 cm³/mol. The van der Waals surface area contributed by atoms with Crippen LogP contribution in [-0.4, -0.2) is 30.9 Å². The van der Waals surface area contributed by atoms with Gasteiger partial charge in [0.2, 0.25) is 0 Å². The van der Waals surface area contributed by atoms with Gasteiger partial charge in [-0.25, -0.2) is 0 Å². The Morgan fingerprint density at radius 1 is 1.21 bits per heavy atom. The summed E-state index contributed by atoms with van der Waals surface area (Å²) in [5.74, 6) is 1.15. The molecule has 152 valence electrons. The molecule has 0 N–H and O–H groups in total. The minimum absolute atomic E-state index is 0.103. The highest BCUT2D eigenvalue weighted by Crippen LogP contribution is 2.26. The monoisotopic (exact) mass is 428 g/mol. The fourth-order valence-corrected chi connectivity index (χ4v) is 4.32. The molecule has 0 radical (unpaired) electrons. The molecule has 0 aliphatic heterocycles. The Bertz CT molecular complexity index is 1020. The lowest BCUT2D eigenvalue weighted by molar-refractivity contribution is 0.102. The van der Waals surface area contributed by atoms with Gasteiger partial charge >= 0.3 is 0 Å². The number of carbonyl (C=O) groups is 1. The molecule has 1 aromatic carbocycles. The fraction of sp³-hybridized carbons (Fsp3) is 0.318. The van der Waals surface area contributed by atoms with Crippen molar-refractivity contribution in [3.05, 3.63) is 65.0 Å². The molecule has 29 heavy (non-hydrogen) atoms. The number of hydrogen-bond donors (Lipinski definition) is 0. The van der Waals surface area contributed by atoms with E-state index in [1.807, 2.05) is 48.7 Å². The summed E-state index contributed by atoms with van der Waals surface area (Å²) in [5, 5.41) is 10.0. The Morgan fingerprint density at radius 3 is 2.59 bits per heavy atom. The normalized spacial score (nSPS) is 11.0. The van der Waals surface area contributed by atoms with Crippen molar-refractivity contribution in [3.8, 4) is 11.4 Å². The van der Waals surface area contributed by atoms with Crippen molar-refractivity contribution < 1.29 is 4.79 Å². The topological polar surface area (TPSA) is 52.7 Å². The summed E-state index contributed by atoms with van der Waals surface area (Å²) in [7, 11) is 0. The molecule has 7 heteroatoms. The molecule has 3 aromatic rings. The van der Waals surface area contributed by atoms with Gasteiger partial charge in [0.1, 0.15) is 0 Å². The van der Waals surface area contributed by atoms with Gasteiger partial charge < -0.3 is 4.57 Å². The number of carbonyl (C=O) groups excluding carboxylic acids is 1. The maximum atomic E-state index is 12.9. The predicted octanol–water partition coefficient (Wildman–Crippen LogP) is 5.59. The van der Waals surface area contributed by atoms with E-state index >= 15 is 0 Å². The first kappa shape index (κ1) is 21.4. The molecule has 0 saturated carbocycles. The average molecular weight is 429 g/mol. The van der Waals surface area contributed by atoms with Crippen LogP contribution in [0.2, 0.25) is 5.02 Å². The lowest BCUT2D eigenvalue weighted by atomic mass is 10.2. The van der Waals surface area contributed by atoms with Crippen molar-refractivity contribution in [2.75, 3.05) is 5.75 Å². The summed E-state index contributed by atoms with van der Waals surface area (Å²) in [5.41, 5.74) is 3.86. The quantitative estimate of drug-likeness (QED) is 0.253. The molecule has 3 rings (SSSR count). The van der Waals surface area contributed by atoms with E-state index in [0.29, 0.717) is 22.5 Å². The third kappa shape index (κ3) is 4.65. The van der Waals surface area contributed by atoms with Crippen LogP contribution in [0, 0.1) is 13.8 Å². The molecule has 0 spiro atoms. The average Bonchev–Trinajstić information content (AvgIpc) is 3.23. The van der Waals surface area contributed by atoms with Crippen LogP contribution in [0.15, 0.2) is 48.1 Å². The summed E-state index contributed by atoms with van der Waals surface area (Å²) in [6, 6.07) is 9.46. The Labute approximate surface area is 180 Å². The van der Waals surface area contributed by atoms with Crippen LogP contribution in [-0.2, 0) is 13.1 Å². The second-order valence-corrected chi connectivity index (χ2v) is 8.24. The zero-order chi connectivity index (χ0) is 21.0. The van der Waals surface area contributed by atoms with Crippen molar-refractivity contribution >= 4 is 29.1 Å². The molecule has 2 aromatic heterocycles. The summed E-state index contributed by atoms with van der Waals surface area (Å²) in [6.07, 6.45) is 2.84. The first-order valence-corrected chi connectivity index (χ1v) is 10.9. The number of ketones is 1. The molecule has 5 nitrogen and oxygen atoms in total. The van der Waals surface area contributed by atoms with E-state index in [2.05, 4.69) is 28.3 Å². The minimum atomic E-state index is 0.103. The van der Waals surface area contributed by atoms with Crippen LogP contribution in [0.3, 0.4) is 0 Å². The fourth-order valence-electron chi connectivity index (χ4n) is 3.36. The summed E-state index contributed by atoms with van der Waals surface area (Å²) in [6.45, 7) is 11.5. The number of hydrogen-bond acceptors (Lipinski definition) is 4. The number of Topliss-reactive ketones (excluding diaryl/α,β-unsaturated/α-hetero) is 1. The number of nitrogens with zero attached hydrogens (tertiary/aromatic N) is 4. The highest BCUT2D eigenvalue weighted by Gasteiger charge is 2.18. The number of thioether (sulfide) groups is 1. The maximum absolute atomic E-state index is 12.9. The number of halogens is 1. The first-order chi connectivity index (χ1) is 14.0.